The molecular weight excluding hydrogens is 593 g/mol. The third kappa shape index (κ3) is 10.1. The average Bonchev–Trinajstić information content (AvgIpc) is 2.88. The Kier molecular flexibility index (Phi) is 12.2. The highest BCUT2D eigenvalue weighted by Gasteiger charge is 2.32. The van der Waals surface area contributed by atoms with E-state index >= 15 is 0 Å². The maximum Gasteiger partial charge on any atom is 0.421 e. The minimum atomic E-state index is -4.62. The number of carbonyl (C=O) groups is 1. The highest BCUT2D eigenvalue weighted by atomic mass is 35.5. The zero-order valence-electron chi connectivity index (χ0n) is 22.0. The van der Waals surface area contributed by atoms with E-state index in [0.29, 0.717) is 30.2 Å². The molecule has 0 saturated carbocycles. The second kappa shape index (κ2) is 14.9. The van der Waals surface area contributed by atoms with E-state index in [4.69, 9.17) is 30.5 Å². The molecule has 0 aliphatic rings. The maximum absolute atomic E-state index is 13.0. The number of nitrogens with one attached hydrogen (secondary N) is 1. The number of pyridine rings is 1. The van der Waals surface area contributed by atoms with E-state index in [0.717, 1.165) is 5.56 Å². The molecule has 10 nitrogen and oxygen atoms in total. The molecule has 1 heterocycles. The van der Waals surface area contributed by atoms with Gasteiger partial charge < -0.3 is 24.4 Å². The summed E-state index contributed by atoms with van der Waals surface area (Å²) in [6.07, 6.45) is -4.62. The number of halogens is 4. The number of methoxy groups -OCH3 is 1. The van der Waals surface area contributed by atoms with Crippen LogP contribution < -0.4 is 14.2 Å². The lowest BCUT2D eigenvalue weighted by Crippen LogP contribution is -2.31. The zero-order chi connectivity index (χ0) is 29.3. The lowest BCUT2D eigenvalue weighted by atomic mass is 10.1. The topological polar surface area (TPSA) is 145 Å². The Labute approximate surface area is 239 Å². The molecule has 0 aliphatic carbocycles. The molecule has 1 amide bonds. The number of benzene rings is 2. The summed E-state index contributed by atoms with van der Waals surface area (Å²) in [6.45, 7) is 2.22. The monoisotopic (exact) mass is 620 g/mol. The van der Waals surface area contributed by atoms with E-state index in [2.05, 4.69) is 4.98 Å². The molecule has 0 aliphatic heterocycles. The minimum absolute atomic E-state index is 0. The Morgan fingerprint density at radius 1 is 1.05 bits per heavy atom. The number of alkyl halides is 3. The summed E-state index contributed by atoms with van der Waals surface area (Å²) >= 11 is 6.00. The van der Waals surface area contributed by atoms with E-state index in [1.54, 1.807) is 31.2 Å². The number of sulfonamides is 1. The normalized spacial score (nSPS) is 11.4. The summed E-state index contributed by atoms with van der Waals surface area (Å²) in [5, 5.41) is -0.346. The lowest BCUT2D eigenvalue weighted by molar-refractivity contribution is -0.137. The first-order chi connectivity index (χ1) is 18.9. The molecule has 0 bridgehead atoms. The quantitative estimate of drug-likeness (QED) is 0.275. The molecule has 0 saturated heterocycles. The van der Waals surface area contributed by atoms with E-state index in [1.165, 1.54) is 25.3 Å². The summed E-state index contributed by atoms with van der Waals surface area (Å²) in [4.78, 5) is 15.7. The van der Waals surface area contributed by atoms with E-state index in [9.17, 15) is 26.4 Å². The summed E-state index contributed by atoms with van der Waals surface area (Å²) in [6, 6.07) is 11.5. The van der Waals surface area contributed by atoms with Gasteiger partial charge in [0.1, 0.15) is 23.1 Å². The number of aryl methyl sites for hydroxylation is 2. The SMILES string of the molecule is COCCOc1ccc(CCCOC(=O)NS(=O)(=O)c2ccc(C)cc2)c(Oc2ncc(C(F)(F)F)cc2Cl)c1.O. The van der Waals surface area contributed by atoms with Crippen LogP contribution in [-0.2, 0) is 32.1 Å². The first kappa shape index (κ1) is 33.6. The van der Waals surface area contributed by atoms with Gasteiger partial charge in [-0.1, -0.05) is 35.4 Å². The van der Waals surface area contributed by atoms with Gasteiger partial charge in [0.15, 0.2) is 0 Å². The average molecular weight is 621 g/mol. The van der Waals surface area contributed by atoms with Crippen molar-refractivity contribution in [3.05, 3.63) is 76.4 Å². The summed E-state index contributed by atoms with van der Waals surface area (Å²) in [5.74, 6) is 0.355. The van der Waals surface area contributed by atoms with Crippen LogP contribution in [0.1, 0.15) is 23.1 Å². The van der Waals surface area contributed by atoms with Gasteiger partial charge in [0, 0.05) is 19.4 Å². The van der Waals surface area contributed by atoms with Crippen LogP contribution in [0.15, 0.2) is 59.6 Å². The number of carbonyl (C=O) groups excluding carboxylic acids is 1. The molecule has 2 aromatic carbocycles. The first-order valence-electron chi connectivity index (χ1n) is 11.8. The molecular formula is C26H28ClF3N2O8S. The van der Waals surface area contributed by atoms with Crippen molar-refractivity contribution < 1.29 is 50.8 Å². The van der Waals surface area contributed by atoms with Crippen molar-refractivity contribution in [2.45, 2.75) is 30.8 Å². The molecule has 41 heavy (non-hydrogen) atoms. The molecule has 3 aromatic rings. The van der Waals surface area contributed by atoms with Gasteiger partial charge in [-0.05, 0) is 49.6 Å². The third-order valence-electron chi connectivity index (χ3n) is 5.31. The molecule has 3 rings (SSSR count). The standard InChI is InChI=1S/C26H26ClF3N2O7S.H2O/c1-17-5-9-21(10-6-17)40(34,35)32-25(33)38-11-3-4-18-7-8-20(37-13-12-36-2)15-23(18)39-24-22(27)14-19(16-31-24)26(28,29)30;/h5-10,14-16H,3-4,11-13H2,1-2H3,(H,32,33);1H2. The van der Waals surface area contributed by atoms with Crippen LogP contribution in [-0.4, -0.2) is 51.9 Å². The Morgan fingerprint density at radius 2 is 1.76 bits per heavy atom. The van der Waals surface area contributed by atoms with Gasteiger partial charge >= 0.3 is 12.3 Å². The van der Waals surface area contributed by atoms with Crippen molar-refractivity contribution in [1.82, 2.24) is 9.71 Å². The summed E-state index contributed by atoms with van der Waals surface area (Å²) in [5.41, 5.74) is 0.408. The molecule has 15 heteroatoms. The smallest absolute Gasteiger partial charge is 0.421 e. The van der Waals surface area contributed by atoms with Crippen LogP contribution in [0.5, 0.6) is 17.4 Å². The van der Waals surface area contributed by atoms with Crippen LogP contribution in [0, 0.1) is 6.92 Å². The van der Waals surface area contributed by atoms with Crippen molar-refractivity contribution in [1.29, 1.82) is 0 Å². The van der Waals surface area contributed by atoms with Crippen molar-refractivity contribution in [3.8, 4) is 17.4 Å². The lowest BCUT2D eigenvalue weighted by Gasteiger charge is -2.15. The first-order valence-corrected chi connectivity index (χ1v) is 13.7. The number of hydrogen-bond acceptors (Lipinski definition) is 8. The fourth-order valence-corrected chi connectivity index (χ4v) is 4.37. The number of amides is 1. The molecule has 0 atom stereocenters. The fourth-order valence-electron chi connectivity index (χ4n) is 3.27. The Bertz CT molecular complexity index is 1420. The minimum Gasteiger partial charge on any atom is -0.491 e. The van der Waals surface area contributed by atoms with E-state index in [-0.39, 0.29) is 53.1 Å². The molecule has 3 N–H and O–H groups in total. The van der Waals surface area contributed by atoms with Gasteiger partial charge in [0.25, 0.3) is 10.0 Å². The van der Waals surface area contributed by atoms with Gasteiger partial charge in [-0.3, -0.25) is 0 Å². The van der Waals surface area contributed by atoms with Crippen molar-refractivity contribution in [2.24, 2.45) is 0 Å². The highest BCUT2D eigenvalue weighted by molar-refractivity contribution is 7.90. The maximum atomic E-state index is 13.0. The Balaban J connectivity index is 0.00000588. The van der Waals surface area contributed by atoms with Crippen LogP contribution in [0.4, 0.5) is 18.0 Å². The van der Waals surface area contributed by atoms with Gasteiger partial charge in [0.05, 0.1) is 23.7 Å². The molecule has 1 aromatic heterocycles. The number of aromatic nitrogens is 1. The second-order valence-electron chi connectivity index (χ2n) is 8.38. The summed E-state index contributed by atoms with van der Waals surface area (Å²) < 4.78 is 86.7. The number of rotatable bonds is 12. The third-order valence-corrected chi connectivity index (χ3v) is 6.91. The van der Waals surface area contributed by atoms with Crippen LogP contribution in [0.2, 0.25) is 5.02 Å². The second-order valence-corrected chi connectivity index (χ2v) is 10.5. The number of nitrogens with zero attached hydrogens (tertiary/aromatic N) is 1. The molecule has 224 valence electrons. The van der Waals surface area contributed by atoms with Crippen molar-refractivity contribution in [2.75, 3.05) is 26.9 Å². The molecule has 0 unspecified atom stereocenters. The van der Waals surface area contributed by atoms with E-state index < -0.39 is 27.9 Å². The number of hydrogen-bond donors (Lipinski definition) is 1. The van der Waals surface area contributed by atoms with Crippen molar-refractivity contribution >= 4 is 27.7 Å². The Morgan fingerprint density at radius 3 is 2.39 bits per heavy atom. The largest absolute Gasteiger partial charge is 0.491 e. The molecule has 0 fully saturated rings. The van der Waals surface area contributed by atoms with Gasteiger partial charge in [-0.2, -0.15) is 13.2 Å². The number of ether oxygens (including phenoxy) is 4. The molecule has 0 radical (unpaired) electrons. The van der Waals surface area contributed by atoms with Crippen molar-refractivity contribution in [3.63, 3.8) is 0 Å². The van der Waals surface area contributed by atoms with Crippen LogP contribution in [0.25, 0.3) is 0 Å². The van der Waals surface area contributed by atoms with Gasteiger partial charge in [-0.15, -0.1) is 0 Å². The van der Waals surface area contributed by atoms with E-state index in [1.807, 2.05) is 4.72 Å². The predicted octanol–water partition coefficient (Wildman–Crippen LogP) is 5.10. The highest BCUT2D eigenvalue weighted by Crippen LogP contribution is 2.36. The van der Waals surface area contributed by atoms with Gasteiger partial charge in [-0.25, -0.2) is 22.9 Å². The van der Waals surface area contributed by atoms with Crippen LogP contribution >= 0.6 is 11.6 Å². The Hall–Kier alpha value is -3.59. The van der Waals surface area contributed by atoms with Gasteiger partial charge in [0.2, 0.25) is 5.88 Å². The summed E-state index contributed by atoms with van der Waals surface area (Å²) in [7, 11) is -2.58. The molecule has 0 spiro atoms. The zero-order valence-corrected chi connectivity index (χ0v) is 23.5. The fraction of sp³-hybridized carbons (Fsp3) is 0.308. The predicted molar refractivity (Wildman–Crippen MR) is 143 cm³/mol. The van der Waals surface area contributed by atoms with Crippen LogP contribution in [0.3, 0.4) is 0 Å².